The van der Waals surface area contributed by atoms with E-state index in [1.54, 1.807) is 0 Å². The van der Waals surface area contributed by atoms with Crippen LogP contribution in [0.15, 0.2) is 21.5 Å². The third kappa shape index (κ3) is 2.62. The second kappa shape index (κ2) is 5.35. The van der Waals surface area contributed by atoms with E-state index in [1.165, 1.54) is 6.07 Å². The summed E-state index contributed by atoms with van der Waals surface area (Å²) in [5, 5.41) is 9.19. The number of rotatable bonds is 3. The Morgan fingerprint density at radius 2 is 2.21 bits per heavy atom. The molecule has 1 heterocycles. The van der Waals surface area contributed by atoms with Crippen LogP contribution in [0.5, 0.6) is 0 Å². The summed E-state index contributed by atoms with van der Waals surface area (Å²) in [4.78, 5) is -0.459. The van der Waals surface area contributed by atoms with E-state index < -0.39 is 26.8 Å². The fourth-order valence-electron chi connectivity index (χ4n) is 2.21. The molecule has 0 aliphatic carbocycles. The van der Waals surface area contributed by atoms with Gasteiger partial charge in [0.2, 0.25) is 10.0 Å². The van der Waals surface area contributed by atoms with Gasteiger partial charge in [-0.15, -0.1) is 0 Å². The van der Waals surface area contributed by atoms with Gasteiger partial charge >= 0.3 is 0 Å². The molecule has 3 N–H and O–H groups in total. The van der Waals surface area contributed by atoms with Crippen LogP contribution in [-0.2, 0) is 10.0 Å². The Kier molecular flexibility index (Phi) is 4.14. The van der Waals surface area contributed by atoms with Crippen molar-refractivity contribution in [2.75, 3.05) is 18.9 Å². The summed E-state index contributed by atoms with van der Waals surface area (Å²) in [7, 11) is -3.99. The molecule has 1 aliphatic rings. The quantitative estimate of drug-likeness (QED) is 0.803. The molecule has 0 amide bonds. The van der Waals surface area contributed by atoms with Gasteiger partial charge in [0.15, 0.2) is 5.82 Å². The summed E-state index contributed by atoms with van der Waals surface area (Å²) in [6.07, 6.45) is 1.22. The number of hydrogen-bond donors (Lipinski definition) is 2. The van der Waals surface area contributed by atoms with E-state index in [2.05, 4.69) is 15.9 Å². The van der Waals surface area contributed by atoms with E-state index in [0.29, 0.717) is 12.8 Å². The largest absolute Gasteiger partial charge is 0.399 e. The minimum absolute atomic E-state index is 0.00539. The first-order valence-corrected chi connectivity index (χ1v) is 7.98. The molecule has 1 aromatic carbocycles. The zero-order chi connectivity index (χ0) is 14.2. The molecule has 0 saturated carbocycles. The van der Waals surface area contributed by atoms with Crippen LogP contribution >= 0.6 is 15.9 Å². The molecule has 0 radical (unpaired) electrons. The van der Waals surface area contributed by atoms with Crippen molar-refractivity contribution in [2.24, 2.45) is 0 Å². The molecule has 1 aliphatic heterocycles. The van der Waals surface area contributed by atoms with E-state index in [-0.39, 0.29) is 23.3 Å². The second-order valence-corrected chi connectivity index (χ2v) is 7.12. The second-order valence-electron chi connectivity index (χ2n) is 4.41. The van der Waals surface area contributed by atoms with Gasteiger partial charge in [-0.3, -0.25) is 0 Å². The van der Waals surface area contributed by atoms with Crippen molar-refractivity contribution in [1.82, 2.24) is 4.31 Å². The van der Waals surface area contributed by atoms with Crippen molar-refractivity contribution in [1.29, 1.82) is 0 Å². The number of aliphatic hydroxyl groups excluding tert-OH is 1. The summed E-state index contributed by atoms with van der Waals surface area (Å²) in [5.41, 5.74) is 5.72. The molecule has 1 atom stereocenters. The zero-order valence-corrected chi connectivity index (χ0v) is 12.4. The molecule has 106 valence electrons. The van der Waals surface area contributed by atoms with Crippen LogP contribution in [0.25, 0.3) is 0 Å². The number of halogens is 2. The number of nitrogens with two attached hydrogens (primary N) is 1. The van der Waals surface area contributed by atoms with Gasteiger partial charge in [-0.25, -0.2) is 12.8 Å². The normalized spacial score (nSPS) is 20.9. The summed E-state index contributed by atoms with van der Waals surface area (Å²) >= 11 is 2.94. The van der Waals surface area contributed by atoms with Gasteiger partial charge < -0.3 is 10.8 Å². The zero-order valence-electron chi connectivity index (χ0n) is 10.0. The number of anilines is 1. The van der Waals surface area contributed by atoms with E-state index in [9.17, 15) is 17.9 Å². The van der Waals surface area contributed by atoms with Crippen LogP contribution in [0.2, 0.25) is 0 Å². The average Bonchev–Trinajstić information content (AvgIpc) is 2.82. The van der Waals surface area contributed by atoms with Gasteiger partial charge in [0.05, 0.1) is 11.1 Å². The van der Waals surface area contributed by atoms with Crippen molar-refractivity contribution in [3.63, 3.8) is 0 Å². The van der Waals surface area contributed by atoms with Crippen LogP contribution in [0.1, 0.15) is 12.8 Å². The topological polar surface area (TPSA) is 83.6 Å². The molecule has 8 heteroatoms. The number of benzene rings is 1. The molecule has 1 saturated heterocycles. The van der Waals surface area contributed by atoms with E-state index in [1.807, 2.05) is 0 Å². The summed E-state index contributed by atoms with van der Waals surface area (Å²) < 4.78 is 40.0. The highest BCUT2D eigenvalue weighted by molar-refractivity contribution is 9.10. The van der Waals surface area contributed by atoms with Crippen molar-refractivity contribution in [2.45, 2.75) is 23.8 Å². The van der Waals surface area contributed by atoms with Gasteiger partial charge in [0.25, 0.3) is 0 Å². The van der Waals surface area contributed by atoms with Crippen molar-refractivity contribution in [3.05, 3.63) is 22.4 Å². The van der Waals surface area contributed by atoms with Crippen molar-refractivity contribution < 1.29 is 17.9 Å². The molecule has 0 spiro atoms. The Labute approximate surface area is 119 Å². The summed E-state index contributed by atoms with van der Waals surface area (Å²) in [6, 6.07) is 1.91. The maximum Gasteiger partial charge on any atom is 0.246 e. The number of hydrogen-bond acceptors (Lipinski definition) is 4. The number of aliphatic hydroxyl groups is 1. The Hall–Kier alpha value is -0.700. The minimum atomic E-state index is -3.99. The van der Waals surface area contributed by atoms with Gasteiger partial charge in [-0.1, -0.05) is 0 Å². The van der Waals surface area contributed by atoms with Gasteiger partial charge in [0, 0.05) is 18.3 Å². The Bertz CT molecular complexity index is 594. The first kappa shape index (κ1) is 14.7. The highest BCUT2D eigenvalue weighted by Gasteiger charge is 2.36. The van der Waals surface area contributed by atoms with E-state index in [0.717, 1.165) is 10.4 Å². The molecule has 19 heavy (non-hydrogen) atoms. The van der Waals surface area contributed by atoms with Crippen LogP contribution < -0.4 is 5.73 Å². The van der Waals surface area contributed by atoms with Gasteiger partial charge in [-0.2, -0.15) is 4.31 Å². The lowest BCUT2D eigenvalue weighted by molar-refractivity contribution is 0.213. The van der Waals surface area contributed by atoms with E-state index in [4.69, 9.17) is 5.73 Å². The third-order valence-corrected chi connectivity index (χ3v) is 5.67. The summed E-state index contributed by atoms with van der Waals surface area (Å²) in [5.74, 6) is -0.863. The lowest BCUT2D eigenvalue weighted by atomic mass is 10.2. The number of nitrogens with zero attached hydrogens (tertiary/aromatic N) is 1. The van der Waals surface area contributed by atoms with Gasteiger partial charge in [-0.05, 0) is 40.9 Å². The predicted octanol–water partition coefficient (Wildman–Crippen LogP) is 1.32. The summed E-state index contributed by atoms with van der Waals surface area (Å²) in [6.45, 7) is 0.00372. The van der Waals surface area contributed by atoms with Gasteiger partial charge in [0.1, 0.15) is 4.90 Å². The van der Waals surface area contributed by atoms with E-state index >= 15 is 0 Å². The molecule has 0 unspecified atom stereocenters. The molecule has 2 rings (SSSR count). The molecule has 0 bridgehead atoms. The highest BCUT2D eigenvalue weighted by atomic mass is 79.9. The fourth-order valence-corrected chi connectivity index (χ4v) is 4.62. The average molecular weight is 353 g/mol. The van der Waals surface area contributed by atoms with Crippen LogP contribution in [0.4, 0.5) is 10.1 Å². The van der Waals surface area contributed by atoms with Crippen molar-refractivity contribution in [3.8, 4) is 0 Å². The van der Waals surface area contributed by atoms with Crippen LogP contribution in [0, 0.1) is 5.82 Å². The molecule has 0 aromatic heterocycles. The van der Waals surface area contributed by atoms with Crippen molar-refractivity contribution >= 4 is 31.6 Å². The fraction of sp³-hybridized carbons (Fsp3) is 0.455. The predicted molar refractivity (Wildman–Crippen MR) is 72.5 cm³/mol. The maximum atomic E-state index is 14.0. The smallest absolute Gasteiger partial charge is 0.246 e. The Morgan fingerprint density at radius 3 is 2.84 bits per heavy atom. The highest BCUT2D eigenvalue weighted by Crippen LogP contribution is 2.31. The first-order chi connectivity index (χ1) is 8.87. The monoisotopic (exact) mass is 352 g/mol. The Morgan fingerprint density at radius 1 is 1.53 bits per heavy atom. The first-order valence-electron chi connectivity index (χ1n) is 5.75. The number of sulfonamides is 1. The SMILES string of the molecule is Nc1cc(Br)c(F)c(S(=O)(=O)N2CCC[C@H]2CO)c1. The molecule has 5 nitrogen and oxygen atoms in total. The lowest BCUT2D eigenvalue weighted by Gasteiger charge is -2.23. The minimum Gasteiger partial charge on any atom is -0.399 e. The van der Waals surface area contributed by atoms with Crippen LogP contribution in [0.3, 0.4) is 0 Å². The maximum absolute atomic E-state index is 14.0. The molecule has 1 fully saturated rings. The molecule has 1 aromatic rings. The standard InChI is InChI=1S/C11H14BrFN2O3S/c12-9-4-7(14)5-10(11(9)13)19(17,18)15-3-1-2-8(15)6-16/h4-5,8,16H,1-3,6,14H2/t8-/m0/s1. The van der Waals surface area contributed by atoms with Crippen LogP contribution in [-0.4, -0.2) is 37.0 Å². The molecular formula is C11H14BrFN2O3S. The third-order valence-electron chi connectivity index (χ3n) is 3.14. The Balaban J connectivity index is 2.51. The lowest BCUT2D eigenvalue weighted by Crippen LogP contribution is -2.38. The number of nitrogen functional groups attached to an aromatic ring is 1. The molecular weight excluding hydrogens is 339 g/mol.